The predicted octanol–water partition coefficient (Wildman–Crippen LogP) is 5.17. The van der Waals surface area contributed by atoms with Crippen LogP contribution in [0.2, 0.25) is 5.02 Å². The fourth-order valence-corrected chi connectivity index (χ4v) is 4.78. The van der Waals surface area contributed by atoms with Gasteiger partial charge < -0.3 is 5.32 Å². The van der Waals surface area contributed by atoms with Crippen molar-refractivity contribution >= 4 is 28.4 Å². The van der Waals surface area contributed by atoms with Crippen molar-refractivity contribution in [2.75, 3.05) is 19.6 Å². The third-order valence-electron chi connectivity index (χ3n) is 6.33. The van der Waals surface area contributed by atoms with Crippen LogP contribution in [0.4, 0.5) is 4.39 Å². The van der Waals surface area contributed by atoms with E-state index in [1.54, 1.807) is 41.4 Å². The Morgan fingerprint density at radius 2 is 1.76 bits per heavy atom. The summed E-state index contributed by atoms with van der Waals surface area (Å²) in [5.74, 6) is -0.409. The SMILES string of the molecule is O=C(NCC(c1ccc(Cl)cc1)N1CCCCC1)c1cn(-c2ncccn2)c2cccc(F)c12. The van der Waals surface area contributed by atoms with Crippen LogP contribution in [0, 0.1) is 5.82 Å². The molecule has 3 heterocycles. The van der Waals surface area contributed by atoms with E-state index in [1.165, 1.54) is 12.5 Å². The van der Waals surface area contributed by atoms with Crippen LogP contribution in [0.5, 0.6) is 0 Å². The smallest absolute Gasteiger partial charge is 0.253 e. The number of likely N-dealkylation sites (tertiary alicyclic amines) is 1. The van der Waals surface area contributed by atoms with Gasteiger partial charge >= 0.3 is 0 Å². The highest BCUT2D eigenvalue weighted by Crippen LogP contribution is 2.28. The number of benzene rings is 2. The summed E-state index contributed by atoms with van der Waals surface area (Å²) in [6.45, 7) is 2.36. The molecule has 0 saturated carbocycles. The lowest BCUT2D eigenvalue weighted by molar-refractivity contribution is 0.0925. The zero-order chi connectivity index (χ0) is 23.5. The second-order valence-electron chi connectivity index (χ2n) is 8.47. The number of aromatic nitrogens is 3. The summed E-state index contributed by atoms with van der Waals surface area (Å²) in [6.07, 6.45) is 8.32. The van der Waals surface area contributed by atoms with Gasteiger partial charge in [-0.15, -0.1) is 0 Å². The van der Waals surface area contributed by atoms with Crippen molar-refractivity contribution in [2.45, 2.75) is 25.3 Å². The molecule has 1 fully saturated rings. The Hall–Kier alpha value is -3.29. The number of hydrogen-bond acceptors (Lipinski definition) is 4. The molecule has 6 nitrogen and oxygen atoms in total. The topological polar surface area (TPSA) is 63.1 Å². The van der Waals surface area contributed by atoms with E-state index in [4.69, 9.17) is 11.6 Å². The Morgan fingerprint density at radius 1 is 1.03 bits per heavy atom. The van der Waals surface area contributed by atoms with Crippen LogP contribution in [0.15, 0.2) is 67.1 Å². The number of rotatable bonds is 6. The fourth-order valence-electron chi connectivity index (χ4n) is 4.65. The standard InChI is InChI=1S/C26H25ClFN5O/c27-19-10-8-18(9-11-19)23(32-14-2-1-3-15-32)16-31-25(34)20-17-33(26-29-12-5-13-30-26)22-7-4-6-21(28)24(20)22/h4-13,17,23H,1-3,14-16H2,(H,31,34). The predicted molar refractivity (Wildman–Crippen MR) is 131 cm³/mol. The molecular formula is C26H25ClFN5O. The maximum Gasteiger partial charge on any atom is 0.253 e. The molecule has 1 unspecified atom stereocenters. The van der Waals surface area contributed by atoms with Crippen molar-refractivity contribution in [3.05, 3.63) is 89.1 Å². The van der Waals surface area contributed by atoms with Crippen LogP contribution < -0.4 is 5.32 Å². The van der Waals surface area contributed by atoms with Crippen molar-refractivity contribution in [2.24, 2.45) is 0 Å². The number of halogens is 2. The van der Waals surface area contributed by atoms with Crippen LogP contribution in [-0.2, 0) is 0 Å². The molecule has 1 N–H and O–H groups in total. The first-order valence-corrected chi connectivity index (χ1v) is 11.8. The molecule has 174 valence electrons. The molecule has 1 amide bonds. The zero-order valence-corrected chi connectivity index (χ0v) is 19.4. The molecule has 2 aromatic carbocycles. The van der Waals surface area contributed by atoms with Crippen LogP contribution in [0.3, 0.4) is 0 Å². The minimum Gasteiger partial charge on any atom is -0.350 e. The molecule has 4 aromatic rings. The molecule has 1 aliphatic rings. The van der Waals surface area contributed by atoms with Gasteiger partial charge in [0.2, 0.25) is 5.95 Å². The third kappa shape index (κ3) is 4.54. The number of hydrogen-bond donors (Lipinski definition) is 1. The molecule has 2 aromatic heterocycles. The lowest BCUT2D eigenvalue weighted by Crippen LogP contribution is -2.40. The normalized spacial score (nSPS) is 15.4. The Balaban J connectivity index is 1.45. The maximum atomic E-state index is 14.9. The summed E-state index contributed by atoms with van der Waals surface area (Å²) < 4.78 is 16.5. The highest BCUT2D eigenvalue weighted by Gasteiger charge is 2.25. The van der Waals surface area contributed by atoms with Gasteiger partial charge in [-0.2, -0.15) is 0 Å². The van der Waals surface area contributed by atoms with Gasteiger partial charge in [0.1, 0.15) is 5.82 Å². The van der Waals surface area contributed by atoms with Gasteiger partial charge in [-0.3, -0.25) is 14.3 Å². The minimum atomic E-state index is -0.456. The van der Waals surface area contributed by atoms with E-state index in [9.17, 15) is 9.18 Å². The lowest BCUT2D eigenvalue weighted by Gasteiger charge is -2.35. The Morgan fingerprint density at radius 3 is 2.50 bits per heavy atom. The van der Waals surface area contributed by atoms with Gasteiger partial charge in [-0.25, -0.2) is 14.4 Å². The van der Waals surface area contributed by atoms with Gasteiger partial charge in [-0.05, 0) is 61.8 Å². The number of amides is 1. The first kappa shape index (κ1) is 22.5. The molecule has 34 heavy (non-hydrogen) atoms. The first-order chi connectivity index (χ1) is 16.6. The molecule has 8 heteroatoms. The van der Waals surface area contributed by atoms with Gasteiger partial charge in [0.25, 0.3) is 5.91 Å². The van der Waals surface area contributed by atoms with Crippen molar-refractivity contribution in [1.82, 2.24) is 24.8 Å². The van der Waals surface area contributed by atoms with Crippen LogP contribution in [-0.4, -0.2) is 45.0 Å². The summed E-state index contributed by atoms with van der Waals surface area (Å²) >= 11 is 6.10. The van der Waals surface area contributed by atoms with Gasteiger partial charge in [-0.1, -0.05) is 36.2 Å². The highest BCUT2D eigenvalue weighted by molar-refractivity contribution is 6.30. The van der Waals surface area contributed by atoms with Crippen molar-refractivity contribution < 1.29 is 9.18 Å². The summed E-state index contributed by atoms with van der Waals surface area (Å²) in [6, 6.07) is 14.2. The number of nitrogens with one attached hydrogen (secondary N) is 1. The van der Waals surface area contributed by atoms with Crippen molar-refractivity contribution in [3.8, 4) is 5.95 Å². The summed E-state index contributed by atoms with van der Waals surface area (Å²) in [7, 11) is 0. The Kier molecular flexibility index (Phi) is 6.56. The van der Waals surface area contributed by atoms with Crippen LogP contribution in [0.1, 0.15) is 41.2 Å². The van der Waals surface area contributed by atoms with Crippen molar-refractivity contribution in [1.29, 1.82) is 0 Å². The molecular weight excluding hydrogens is 453 g/mol. The number of carbonyl (C=O) groups is 1. The average Bonchev–Trinajstić information content (AvgIpc) is 3.27. The molecule has 0 radical (unpaired) electrons. The van der Waals surface area contributed by atoms with Gasteiger partial charge in [0.05, 0.1) is 17.1 Å². The summed E-state index contributed by atoms with van der Waals surface area (Å²) in [5, 5.41) is 3.99. The monoisotopic (exact) mass is 477 g/mol. The van der Waals surface area contributed by atoms with Gasteiger partial charge in [0, 0.05) is 35.5 Å². The lowest BCUT2D eigenvalue weighted by atomic mass is 10.0. The quantitative estimate of drug-likeness (QED) is 0.416. The molecule has 1 saturated heterocycles. The van der Waals surface area contributed by atoms with Crippen LogP contribution in [0.25, 0.3) is 16.9 Å². The number of carbonyl (C=O) groups excluding carboxylic acids is 1. The third-order valence-corrected chi connectivity index (χ3v) is 6.59. The number of nitrogens with zero attached hydrogens (tertiary/aromatic N) is 4. The molecule has 5 rings (SSSR count). The molecule has 0 spiro atoms. The minimum absolute atomic E-state index is 0.0113. The largest absolute Gasteiger partial charge is 0.350 e. The van der Waals surface area contributed by atoms with E-state index in [0.29, 0.717) is 23.0 Å². The number of piperidine rings is 1. The first-order valence-electron chi connectivity index (χ1n) is 11.5. The second-order valence-corrected chi connectivity index (χ2v) is 8.91. The highest BCUT2D eigenvalue weighted by atomic mass is 35.5. The van der Waals surface area contributed by atoms with E-state index in [1.807, 2.05) is 24.3 Å². The van der Waals surface area contributed by atoms with Crippen LogP contribution >= 0.6 is 11.6 Å². The Bertz CT molecular complexity index is 1290. The van der Waals surface area contributed by atoms with Gasteiger partial charge in [0.15, 0.2) is 0 Å². The fraction of sp³-hybridized carbons (Fsp3) is 0.269. The Labute approximate surface area is 202 Å². The van der Waals surface area contributed by atoms with E-state index < -0.39 is 5.82 Å². The zero-order valence-electron chi connectivity index (χ0n) is 18.6. The van der Waals surface area contributed by atoms with E-state index >= 15 is 0 Å². The molecule has 0 bridgehead atoms. The average molecular weight is 478 g/mol. The van der Waals surface area contributed by atoms with E-state index in [0.717, 1.165) is 31.5 Å². The number of fused-ring (bicyclic) bond motifs is 1. The van der Waals surface area contributed by atoms with E-state index in [-0.39, 0.29) is 22.9 Å². The summed E-state index contributed by atoms with van der Waals surface area (Å²) in [5.41, 5.74) is 1.90. The molecule has 1 aliphatic heterocycles. The maximum absolute atomic E-state index is 14.9. The molecule has 1 atom stereocenters. The van der Waals surface area contributed by atoms with Crippen molar-refractivity contribution in [3.63, 3.8) is 0 Å². The van der Waals surface area contributed by atoms with E-state index in [2.05, 4.69) is 20.2 Å². The second kappa shape index (κ2) is 9.91. The summed E-state index contributed by atoms with van der Waals surface area (Å²) in [4.78, 5) is 24.3. The molecule has 0 aliphatic carbocycles.